The number of hydrogen-bond donors (Lipinski definition) is 0. The number of halogens is 1. The quantitative estimate of drug-likeness (QED) is 0.224. The van der Waals surface area contributed by atoms with Crippen LogP contribution in [0.1, 0.15) is 47.5 Å². The molecule has 11 heteroatoms. The van der Waals surface area contributed by atoms with Crippen LogP contribution in [0.4, 0.5) is 0 Å². The lowest BCUT2D eigenvalue weighted by molar-refractivity contribution is -0.147. The van der Waals surface area contributed by atoms with E-state index < -0.39 is 26.2 Å². The maximum absolute atomic E-state index is 13.6. The molecule has 0 aliphatic rings. The maximum atomic E-state index is 13.6. The summed E-state index contributed by atoms with van der Waals surface area (Å²) in [4.78, 5) is 11.8. The minimum atomic E-state index is -4.24. The predicted octanol–water partition coefficient (Wildman–Crippen LogP) is 4.75. The molecule has 0 bridgehead atoms. The highest BCUT2D eigenvalue weighted by molar-refractivity contribution is 7.74. The SMILES string of the molecule is CCOP(=O)(OCC)C(CCCCl)(OC(C)=O)P(=O)(OCC)OCC. The number of rotatable bonds is 14. The number of ether oxygens (including phenoxy) is 1. The average molecular weight is 423 g/mol. The van der Waals surface area contributed by atoms with Crippen LogP contribution in [0.5, 0.6) is 0 Å². The number of esters is 1. The Labute approximate surface area is 154 Å². The third-order valence-electron chi connectivity index (χ3n) is 3.00. The summed E-state index contributed by atoms with van der Waals surface area (Å²) in [6, 6.07) is 0. The molecule has 0 N–H and O–H groups in total. The van der Waals surface area contributed by atoms with Gasteiger partial charge in [0.1, 0.15) is 0 Å². The number of carbonyl (C=O) groups is 1. The Morgan fingerprint density at radius 3 is 1.48 bits per heavy atom. The Bertz CT molecular complexity index is 449. The molecule has 150 valence electrons. The van der Waals surface area contributed by atoms with Gasteiger partial charge in [0.2, 0.25) is 0 Å². The van der Waals surface area contributed by atoms with Gasteiger partial charge in [-0.1, -0.05) is 0 Å². The molecule has 0 aromatic rings. The summed E-state index contributed by atoms with van der Waals surface area (Å²) in [6.45, 7) is 7.43. The van der Waals surface area contributed by atoms with E-state index in [0.29, 0.717) is 0 Å². The van der Waals surface area contributed by atoms with Crippen molar-refractivity contribution in [2.24, 2.45) is 0 Å². The molecule has 0 heterocycles. The van der Waals surface area contributed by atoms with Crippen molar-refractivity contribution in [1.82, 2.24) is 0 Å². The molecule has 0 spiro atoms. The minimum Gasteiger partial charge on any atom is -0.433 e. The van der Waals surface area contributed by atoms with Gasteiger partial charge in [0.15, 0.2) is 0 Å². The zero-order valence-corrected chi connectivity index (χ0v) is 18.0. The van der Waals surface area contributed by atoms with Crippen molar-refractivity contribution in [1.29, 1.82) is 0 Å². The molecule has 0 saturated heterocycles. The van der Waals surface area contributed by atoms with Crippen molar-refractivity contribution in [2.75, 3.05) is 32.3 Å². The maximum Gasteiger partial charge on any atom is 0.386 e. The Kier molecular flexibility index (Phi) is 11.7. The van der Waals surface area contributed by atoms with Gasteiger partial charge in [0, 0.05) is 19.2 Å². The molecule has 0 aromatic heterocycles. The molecule has 0 rings (SSSR count). The van der Waals surface area contributed by atoms with Gasteiger partial charge in [-0.15, -0.1) is 11.6 Å². The number of alkyl halides is 1. The van der Waals surface area contributed by atoms with E-state index in [-0.39, 0.29) is 45.1 Å². The first kappa shape index (κ1) is 25.1. The Morgan fingerprint density at radius 1 is 0.880 bits per heavy atom. The standard InChI is InChI=1S/C14H29ClO8P2/c1-6-19-24(17,20-7-2)14(11-10-12-15,23-13(5)16)25(18,21-8-3)22-9-4/h6-12H2,1-5H3. The third-order valence-corrected chi connectivity index (χ3v) is 9.47. The lowest BCUT2D eigenvalue weighted by Crippen LogP contribution is -2.38. The van der Waals surface area contributed by atoms with Crippen LogP contribution in [0, 0.1) is 0 Å². The van der Waals surface area contributed by atoms with Crippen molar-refractivity contribution >= 4 is 32.8 Å². The normalized spacial score (nSPS) is 13.0. The van der Waals surface area contributed by atoms with Crippen molar-refractivity contribution in [2.45, 2.75) is 52.5 Å². The molecule has 0 radical (unpaired) electrons. The van der Waals surface area contributed by atoms with Crippen LogP contribution in [0.15, 0.2) is 0 Å². The molecule has 0 saturated carbocycles. The second kappa shape index (κ2) is 11.7. The molecular weight excluding hydrogens is 394 g/mol. The van der Waals surface area contributed by atoms with E-state index in [2.05, 4.69) is 0 Å². The summed E-state index contributed by atoms with van der Waals surface area (Å²) in [7, 11) is -8.48. The van der Waals surface area contributed by atoms with Crippen LogP contribution < -0.4 is 0 Å². The third kappa shape index (κ3) is 6.03. The molecule has 8 nitrogen and oxygen atoms in total. The fraction of sp³-hybridized carbons (Fsp3) is 0.929. The fourth-order valence-corrected chi connectivity index (χ4v) is 7.96. The summed E-state index contributed by atoms with van der Waals surface area (Å²) in [5, 5.41) is -2.22. The Balaban J connectivity index is 6.58. The van der Waals surface area contributed by atoms with Gasteiger partial charge in [-0.25, -0.2) is 0 Å². The van der Waals surface area contributed by atoms with Crippen LogP contribution in [0.2, 0.25) is 0 Å². The van der Waals surface area contributed by atoms with E-state index in [0.717, 1.165) is 6.92 Å². The van der Waals surface area contributed by atoms with Crippen molar-refractivity contribution in [3.63, 3.8) is 0 Å². The molecular formula is C14H29ClO8P2. The average Bonchev–Trinajstić information content (AvgIpc) is 2.51. The van der Waals surface area contributed by atoms with Gasteiger partial charge in [0.05, 0.1) is 26.4 Å². The Hall–Kier alpha value is 0.0600. The van der Waals surface area contributed by atoms with Gasteiger partial charge in [-0.05, 0) is 34.1 Å². The molecule has 0 amide bonds. The first-order valence-corrected chi connectivity index (χ1v) is 11.9. The summed E-state index contributed by atoms with van der Waals surface area (Å²) in [5.41, 5.74) is 0. The number of carbonyl (C=O) groups excluding carboxylic acids is 1. The first-order valence-electron chi connectivity index (χ1n) is 8.26. The first-order chi connectivity index (χ1) is 11.7. The zero-order chi connectivity index (χ0) is 19.6. The van der Waals surface area contributed by atoms with Crippen molar-refractivity contribution in [3.05, 3.63) is 0 Å². The van der Waals surface area contributed by atoms with Gasteiger partial charge in [-0.2, -0.15) is 0 Å². The van der Waals surface area contributed by atoms with Crippen LogP contribution in [0.3, 0.4) is 0 Å². The molecule has 0 unspecified atom stereocenters. The van der Waals surface area contributed by atoms with Crippen molar-refractivity contribution < 1.29 is 36.8 Å². The lowest BCUT2D eigenvalue weighted by Gasteiger charge is -2.41. The van der Waals surface area contributed by atoms with E-state index in [1.54, 1.807) is 27.7 Å². The fourth-order valence-electron chi connectivity index (χ4n) is 2.27. The molecule has 25 heavy (non-hydrogen) atoms. The molecule has 0 atom stereocenters. The summed E-state index contributed by atoms with van der Waals surface area (Å²) in [5.74, 6) is -0.659. The van der Waals surface area contributed by atoms with E-state index in [1.165, 1.54) is 0 Å². The van der Waals surface area contributed by atoms with Gasteiger partial charge < -0.3 is 22.8 Å². The minimum absolute atomic E-state index is 0.0145. The van der Waals surface area contributed by atoms with Crippen LogP contribution in [-0.2, 0) is 36.8 Å². The highest BCUT2D eigenvalue weighted by Gasteiger charge is 2.68. The van der Waals surface area contributed by atoms with Crippen LogP contribution in [-0.4, -0.2) is 43.4 Å². The second-order valence-corrected chi connectivity index (χ2v) is 9.99. The topological polar surface area (TPSA) is 97.4 Å². The Morgan fingerprint density at radius 2 is 1.24 bits per heavy atom. The van der Waals surface area contributed by atoms with E-state index in [9.17, 15) is 13.9 Å². The predicted molar refractivity (Wildman–Crippen MR) is 96.2 cm³/mol. The zero-order valence-electron chi connectivity index (χ0n) is 15.5. The van der Waals surface area contributed by atoms with Gasteiger partial charge >= 0.3 is 26.2 Å². The summed E-state index contributed by atoms with van der Waals surface area (Å²) in [6.07, 6.45) is 0.0632. The smallest absolute Gasteiger partial charge is 0.386 e. The summed E-state index contributed by atoms with van der Waals surface area (Å²) >= 11 is 5.77. The van der Waals surface area contributed by atoms with Gasteiger partial charge in [0.25, 0.3) is 0 Å². The molecule has 0 aliphatic heterocycles. The second-order valence-electron chi connectivity index (χ2n) is 4.80. The molecule has 0 aromatic carbocycles. The lowest BCUT2D eigenvalue weighted by atomic mass is 10.3. The van der Waals surface area contributed by atoms with Crippen LogP contribution >= 0.6 is 26.8 Å². The highest BCUT2D eigenvalue weighted by Crippen LogP contribution is 2.79. The summed E-state index contributed by atoms with van der Waals surface area (Å²) < 4.78 is 53.9. The molecule has 0 aliphatic carbocycles. The van der Waals surface area contributed by atoms with Crippen molar-refractivity contribution in [3.8, 4) is 0 Å². The van der Waals surface area contributed by atoms with Crippen LogP contribution in [0.25, 0.3) is 0 Å². The monoisotopic (exact) mass is 422 g/mol. The van der Waals surface area contributed by atoms with Gasteiger partial charge in [-0.3, -0.25) is 13.9 Å². The van der Waals surface area contributed by atoms with E-state index in [1.807, 2.05) is 0 Å². The van der Waals surface area contributed by atoms with E-state index >= 15 is 0 Å². The highest BCUT2D eigenvalue weighted by atomic mass is 35.5. The molecule has 0 fully saturated rings. The largest absolute Gasteiger partial charge is 0.433 e. The van der Waals surface area contributed by atoms with E-state index in [4.69, 9.17) is 34.4 Å². The number of hydrogen-bond acceptors (Lipinski definition) is 8.